The van der Waals surface area contributed by atoms with Crippen molar-refractivity contribution in [1.82, 2.24) is 9.97 Å². The summed E-state index contributed by atoms with van der Waals surface area (Å²) in [5.41, 5.74) is 2.82. The maximum Gasteiger partial charge on any atom is 0.329 e. The number of unbranched alkanes of at least 4 members (excludes halogenated alkanes) is 3. The number of para-hydroxylation sites is 2. The topological polar surface area (TPSA) is 82.3 Å². The van der Waals surface area contributed by atoms with Gasteiger partial charge in [-0.3, -0.25) is 4.79 Å². The van der Waals surface area contributed by atoms with Gasteiger partial charge in [-0.05, 0) is 36.8 Å². The van der Waals surface area contributed by atoms with Gasteiger partial charge in [-0.15, -0.1) is 0 Å². The predicted molar refractivity (Wildman–Crippen MR) is 139 cm³/mol. The number of carbonyl (C=O) groups is 1. The van der Waals surface area contributed by atoms with Crippen molar-refractivity contribution in [3.63, 3.8) is 0 Å². The Labute approximate surface area is 211 Å². The SMILES string of the molecule is CCCCCCOC(=O)C(C#N)c1nc2ccccc2nc1N1CCN(c2cccc(Cl)c2)CC1. The highest BCUT2D eigenvalue weighted by Crippen LogP contribution is 2.30. The molecule has 4 rings (SSSR count). The number of aromatic nitrogens is 2. The summed E-state index contributed by atoms with van der Waals surface area (Å²) in [6.07, 6.45) is 3.99. The van der Waals surface area contributed by atoms with Gasteiger partial charge in [0, 0.05) is 36.9 Å². The number of nitriles is 1. The van der Waals surface area contributed by atoms with Crippen molar-refractivity contribution in [1.29, 1.82) is 5.26 Å². The smallest absolute Gasteiger partial charge is 0.329 e. The summed E-state index contributed by atoms with van der Waals surface area (Å²) in [7, 11) is 0. The molecule has 0 radical (unpaired) electrons. The number of benzene rings is 2. The highest BCUT2D eigenvalue weighted by molar-refractivity contribution is 6.30. The molecule has 1 aromatic heterocycles. The fourth-order valence-corrected chi connectivity index (χ4v) is 4.47. The van der Waals surface area contributed by atoms with E-state index in [1.165, 1.54) is 0 Å². The van der Waals surface area contributed by atoms with Crippen LogP contribution in [0.5, 0.6) is 0 Å². The van der Waals surface area contributed by atoms with Gasteiger partial charge in [-0.25, -0.2) is 9.97 Å². The summed E-state index contributed by atoms with van der Waals surface area (Å²) in [6, 6.07) is 17.5. The van der Waals surface area contributed by atoms with Gasteiger partial charge >= 0.3 is 5.97 Å². The second-order valence-corrected chi connectivity index (χ2v) is 9.10. The molecule has 2 aromatic carbocycles. The molecule has 0 saturated carbocycles. The zero-order chi connectivity index (χ0) is 24.6. The standard InChI is InChI=1S/C27H30ClN5O2/c1-2-3-4-7-17-35-27(34)22(19-29)25-26(31-24-12-6-5-11-23(24)30-25)33-15-13-32(14-16-33)21-10-8-9-20(28)18-21/h5-6,8-12,18,22H,2-4,7,13-17H2,1H3. The van der Waals surface area contributed by atoms with Crippen LogP contribution < -0.4 is 9.80 Å². The monoisotopic (exact) mass is 491 g/mol. The van der Waals surface area contributed by atoms with Crippen molar-refractivity contribution in [2.24, 2.45) is 0 Å². The second kappa shape index (κ2) is 11.9. The van der Waals surface area contributed by atoms with E-state index in [1.54, 1.807) is 0 Å². The van der Waals surface area contributed by atoms with Crippen molar-refractivity contribution in [3.05, 3.63) is 59.2 Å². The lowest BCUT2D eigenvalue weighted by Gasteiger charge is -2.37. The third-order valence-corrected chi connectivity index (χ3v) is 6.45. The van der Waals surface area contributed by atoms with Crippen LogP contribution in [-0.4, -0.2) is 48.7 Å². The van der Waals surface area contributed by atoms with Crippen LogP contribution in [-0.2, 0) is 9.53 Å². The maximum absolute atomic E-state index is 12.9. The molecule has 1 atom stereocenters. The molecule has 182 valence electrons. The van der Waals surface area contributed by atoms with Crippen LogP contribution in [0.15, 0.2) is 48.5 Å². The molecule has 0 amide bonds. The molecule has 0 aliphatic carbocycles. The first kappa shape index (κ1) is 24.7. The third-order valence-electron chi connectivity index (χ3n) is 6.21. The fourth-order valence-electron chi connectivity index (χ4n) is 4.29. The van der Waals surface area contributed by atoms with E-state index < -0.39 is 11.9 Å². The first-order valence-electron chi connectivity index (χ1n) is 12.2. The van der Waals surface area contributed by atoms with E-state index in [0.717, 1.165) is 50.0 Å². The number of esters is 1. The number of hydrogen-bond acceptors (Lipinski definition) is 7. The van der Waals surface area contributed by atoms with E-state index >= 15 is 0 Å². The normalized spacial score (nSPS) is 14.5. The van der Waals surface area contributed by atoms with Crippen molar-refractivity contribution < 1.29 is 9.53 Å². The van der Waals surface area contributed by atoms with Crippen molar-refractivity contribution in [2.45, 2.75) is 38.5 Å². The number of ether oxygens (including phenoxy) is 1. The average molecular weight is 492 g/mol. The molecule has 35 heavy (non-hydrogen) atoms. The molecule has 0 N–H and O–H groups in total. The first-order valence-corrected chi connectivity index (χ1v) is 12.6. The summed E-state index contributed by atoms with van der Waals surface area (Å²) >= 11 is 6.18. The first-order chi connectivity index (χ1) is 17.1. The molecule has 1 fully saturated rings. The predicted octanol–water partition coefficient (Wildman–Crippen LogP) is 5.34. The molecule has 1 aliphatic heterocycles. The number of halogens is 1. The van der Waals surface area contributed by atoms with Crippen LogP contribution in [0, 0.1) is 11.3 Å². The summed E-state index contributed by atoms with van der Waals surface area (Å²) in [6.45, 7) is 5.31. The highest BCUT2D eigenvalue weighted by atomic mass is 35.5. The number of rotatable bonds is 9. The van der Waals surface area contributed by atoms with Gasteiger partial charge in [0.05, 0.1) is 23.7 Å². The lowest BCUT2D eigenvalue weighted by Crippen LogP contribution is -2.47. The number of anilines is 2. The molecule has 2 heterocycles. The van der Waals surface area contributed by atoms with Crippen LogP contribution in [0.2, 0.25) is 5.02 Å². The molecule has 0 spiro atoms. The Bertz CT molecular complexity index is 1200. The fraction of sp³-hybridized carbons (Fsp3) is 0.407. The summed E-state index contributed by atoms with van der Waals surface area (Å²) in [5.74, 6) is -1.12. The van der Waals surface area contributed by atoms with E-state index in [2.05, 4.69) is 22.8 Å². The van der Waals surface area contributed by atoms with E-state index in [-0.39, 0.29) is 0 Å². The average Bonchev–Trinajstić information content (AvgIpc) is 2.89. The Morgan fingerprint density at radius 3 is 2.43 bits per heavy atom. The van der Waals surface area contributed by atoms with Gasteiger partial charge in [-0.1, -0.05) is 56.0 Å². The van der Waals surface area contributed by atoms with Gasteiger partial charge in [0.15, 0.2) is 11.7 Å². The van der Waals surface area contributed by atoms with E-state index in [1.807, 2.05) is 48.5 Å². The Kier molecular flexibility index (Phi) is 8.38. The van der Waals surface area contributed by atoms with Crippen LogP contribution in [0.1, 0.15) is 44.2 Å². The summed E-state index contributed by atoms with van der Waals surface area (Å²) in [4.78, 5) is 26.8. The van der Waals surface area contributed by atoms with Crippen LogP contribution in [0.4, 0.5) is 11.5 Å². The Morgan fingerprint density at radius 2 is 1.74 bits per heavy atom. The van der Waals surface area contributed by atoms with E-state index in [0.29, 0.717) is 41.7 Å². The Morgan fingerprint density at radius 1 is 1.03 bits per heavy atom. The molecule has 1 saturated heterocycles. The van der Waals surface area contributed by atoms with Crippen LogP contribution in [0.25, 0.3) is 11.0 Å². The van der Waals surface area contributed by atoms with Crippen molar-refractivity contribution >= 4 is 40.1 Å². The quantitative estimate of drug-likeness (QED) is 0.295. The van der Waals surface area contributed by atoms with Crippen LogP contribution >= 0.6 is 11.6 Å². The minimum absolute atomic E-state index is 0.311. The second-order valence-electron chi connectivity index (χ2n) is 8.67. The third kappa shape index (κ3) is 6.01. The Hall–Kier alpha value is -3.37. The minimum atomic E-state index is -1.13. The van der Waals surface area contributed by atoms with Gasteiger partial charge in [0.25, 0.3) is 0 Å². The minimum Gasteiger partial charge on any atom is -0.464 e. The number of carbonyl (C=O) groups excluding carboxylic acids is 1. The molecular formula is C27H30ClN5O2. The highest BCUT2D eigenvalue weighted by Gasteiger charge is 2.31. The molecule has 7 nitrogen and oxygen atoms in total. The Balaban J connectivity index is 1.56. The molecule has 0 bridgehead atoms. The largest absolute Gasteiger partial charge is 0.464 e. The molecule has 1 unspecified atom stereocenters. The van der Waals surface area contributed by atoms with E-state index in [4.69, 9.17) is 26.3 Å². The zero-order valence-electron chi connectivity index (χ0n) is 20.0. The molecule has 1 aliphatic rings. The van der Waals surface area contributed by atoms with E-state index in [9.17, 15) is 10.1 Å². The van der Waals surface area contributed by atoms with Gasteiger partial charge in [0.1, 0.15) is 5.69 Å². The van der Waals surface area contributed by atoms with Crippen molar-refractivity contribution in [2.75, 3.05) is 42.6 Å². The molecule has 8 heteroatoms. The lowest BCUT2D eigenvalue weighted by atomic mass is 10.1. The number of piperazine rings is 1. The summed E-state index contributed by atoms with van der Waals surface area (Å²) < 4.78 is 5.47. The molecular weight excluding hydrogens is 462 g/mol. The lowest BCUT2D eigenvalue weighted by molar-refractivity contribution is -0.144. The van der Waals surface area contributed by atoms with Gasteiger partial charge < -0.3 is 14.5 Å². The number of hydrogen-bond donors (Lipinski definition) is 0. The van der Waals surface area contributed by atoms with Gasteiger partial charge in [0.2, 0.25) is 0 Å². The van der Waals surface area contributed by atoms with Crippen molar-refractivity contribution in [3.8, 4) is 6.07 Å². The van der Waals surface area contributed by atoms with Gasteiger partial charge in [-0.2, -0.15) is 5.26 Å². The molecule has 3 aromatic rings. The zero-order valence-corrected chi connectivity index (χ0v) is 20.7. The van der Waals surface area contributed by atoms with Crippen LogP contribution in [0.3, 0.4) is 0 Å². The number of nitrogens with zero attached hydrogens (tertiary/aromatic N) is 5. The number of fused-ring (bicyclic) bond motifs is 1. The summed E-state index contributed by atoms with van der Waals surface area (Å²) in [5, 5.41) is 10.7. The maximum atomic E-state index is 12.9.